The van der Waals surface area contributed by atoms with Crippen LogP contribution in [-0.2, 0) is 0 Å². The molecule has 2 rings (SSSR count). The van der Waals surface area contributed by atoms with Crippen molar-refractivity contribution >= 4 is 29.1 Å². The highest BCUT2D eigenvalue weighted by molar-refractivity contribution is 6.33. The van der Waals surface area contributed by atoms with E-state index in [1.54, 1.807) is 30.1 Å². The molecular weight excluding hydrogens is 267 g/mol. The van der Waals surface area contributed by atoms with E-state index in [0.717, 1.165) is 0 Å². The number of rotatable bonds is 4. The minimum absolute atomic E-state index is 0.329. The predicted molar refractivity (Wildman–Crippen MR) is 75.7 cm³/mol. The van der Waals surface area contributed by atoms with E-state index in [0.29, 0.717) is 29.0 Å². The highest BCUT2D eigenvalue weighted by Gasteiger charge is 2.14. The van der Waals surface area contributed by atoms with Crippen LogP contribution in [0, 0.1) is 5.82 Å². The second-order valence-electron chi connectivity index (χ2n) is 3.91. The van der Waals surface area contributed by atoms with Gasteiger partial charge in [0.25, 0.3) is 0 Å². The molecule has 19 heavy (non-hydrogen) atoms. The summed E-state index contributed by atoms with van der Waals surface area (Å²) >= 11 is 6.08. The van der Waals surface area contributed by atoms with Gasteiger partial charge in [-0.3, -0.25) is 0 Å². The molecule has 0 radical (unpaired) electrons. The summed E-state index contributed by atoms with van der Waals surface area (Å²) in [6.45, 7) is 2.64. The van der Waals surface area contributed by atoms with Crippen molar-refractivity contribution in [3.8, 4) is 0 Å². The summed E-state index contributed by atoms with van der Waals surface area (Å²) in [5.41, 5.74) is 0.408. The Hall–Kier alpha value is -1.88. The van der Waals surface area contributed by atoms with Crippen molar-refractivity contribution in [2.45, 2.75) is 6.92 Å². The van der Waals surface area contributed by atoms with Crippen LogP contribution < -0.4 is 10.2 Å². The molecule has 0 aliphatic rings. The lowest BCUT2D eigenvalue weighted by molar-refractivity contribution is 0.627. The molecule has 0 saturated heterocycles. The number of anilines is 3. The first-order chi connectivity index (χ1) is 9.13. The minimum Gasteiger partial charge on any atom is -0.354 e. The number of halogens is 2. The lowest BCUT2D eigenvalue weighted by atomic mass is 10.3. The summed E-state index contributed by atoms with van der Waals surface area (Å²) in [5, 5.41) is 3.36. The molecule has 1 aromatic heterocycles. The summed E-state index contributed by atoms with van der Waals surface area (Å²) in [4.78, 5) is 9.93. The van der Waals surface area contributed by atoms with Gasteiger partial charge in [0.15, 0.2) is 5.82 Å². The first kappa shape index (κ1) is 13.5. The zero-order valence-electron chi connectivity index (χ0n) is 10.7. The molecule has 1 heterocycles. The number of aromatic nitrogens is 2. The van der Waals surface area contributed by atoms with E-state index in [2.05, 4.69) is 15.3 Å². The normalized spacial score (nSPS) is 10.3. The fourth-order valence-corrected chi connectivity index (χ4v) is 1.89. The summed E-state index contributed by atoms with van der Waals surface area (Å²) < 4.78 is 13.8. The largest absolute Gasteiger partial charge is 0.354 e. The van der Waals surface area contributed by atoms with Gasteiger partial charge in [-0.05, 0) is 19.1 Å². The second-order valence-corrected chi connectivity index (χ2v) is 4.31. The third kappa shape index (κ3) is 2.93. The average molecular weight is 281 g/mol. The van der Waals surface area contributed by atoms with E-state index in [1.807, 2.05) is 6.92 Å². The molecule has 0 bridgehead atoms. The Morgan fingerprint density at radius 2 is 2.11 bits per heavy atom. The van der Waals surface area contributed by atoms with Gasteiger partial charge in [0.05, 0.1) is 11.9 Å². The Labute approximate surface area is 116 Å². The Bertz CT molecular complexity index is 576. The highest BCUT2D eigenvalue weighted by atomic mass is 35.5. The van der Waals surface area contributed by atoms with Crippen LogP contribution in [0.15, 0.2) is 30.5 Å². The smallest absolute Gasteiger partial charge is 0.224 e. The zero-order chi connectivity index (χ0) is 13.8. The van der Waals surface area contributed by atoms with Crippen molar-refractivity contribution in [3.63, 3.8) is 0 Å². The molecule has 0 amide bonds. The summed E-state index contributed by atoms with van der Waals surface area (Å²) in [5.74, 6) is 0.590. The van der Waals surface area contributed by atoms with E-state index in [1.165, 1.54) is 12.3 Å². The second kappa shape index (κ2) is 5.84. The maximum absolute atomic E-state index is 13.8. The molecule has 0 atom stereocenters. The molecule has 0 saturated carbocycles. The number of nitrogens with one attached hydrogen (secondary N) is 1. The maximum Gasteiger partial charge on any atom is 0.224 e. The van der Waals surface area contributed by atoms with Gasteiger partial charge in [-0.15, -0.1) is 0 Å². The van der Waals surface area contributed by atoms with Crippen molar-refractivity contribution < 1.29 is 4.39 Å². The first-order valence-electron chi connectivity index (χ1n) is 5.88. The van der Waals surface area contributed by atoms with Gasteiger partial charge >= 0.3 is 0 Å². The molecule has 100 valence electrons. The Balaban J connectivity index is 2.40. The molecular formula is C13H14ClFN4. The van der Waals surface area contributed by atoms with Gasteiger partial charge in [-0.2, -0.15) is 4.98 Å². The molecule has 6 heteroatoms. The molecule has 1 N–H and O–H groups in total. The highest BCUT2D eigenvalue weighted by Crippen LogP contribution is 2.30. The maximum atomic E-state index is 13.8. The van der Waals surface area contributed by atoms with Gasteiger partial charge < -0.3 is 10.2 Å². The first-order valence-corrected chi connectivity index (χ1v) is 6.26. The molecule has 1 aromatic carbocycles. The van der Waals surface area contributed by atoms with Crippen LogP contribution in [-0.4, -0.2) is 23.6 Å². The van der Waals surface area contributed by atoms with Crippen molar-refractivity contribution in [3.05, 3.63) is 41.3 Å². The SMILES string of the molecule is CCNc1ncc(Cl)c(N(C)c2ccccc2F)n1. The van der Waals surface area contributed by atoms with Gasteiger partial charge in [0, 0.05) is 13.6 Å². The van der Waals surface area contributed by atoms with Gasteiger partial charge in [0.2, 0.25) is 5.95 Å². The van der Waals surface area contributed by atoms with Gasteiger partial charge in [-0.25, -0.2) is 9.37 Å². The zero-order valence-corrected chi connectivity index (χ0v) is 11.4. The quantitative estimate of drug-likeness (QED) is 0.931. The van der Waals surface area contributed by atoms with Crippen LogP contribution in [0.5, 0.6) is 0 Å². The summed E-state index contributed by atoms with van der Waals surface area (Å²) in [6.07, 6.45) is 1.50. The standard InChI is InChI=1S/C13H14ClFN4/c1-3-16-13-17-8-9(14)12(18-13)19(2)11-7-5-4-6-10(11)15/h4-8H,3H2,1-2H3,(H,16,17,18). The number of nitrogens with zero attached hydrogens (tertiary/aromatic N) is 3. The van der Waals surface area contributed by atoms with Crippen molar-refractivity contribution in [2.75, 3.05) is 23.8 Å². The van der Waals surface area contributed by atoms with Crippen molar-refractivity contribution in [2.24, 2.45) is 0 Å². The van der Waals surface area contributed by atoms with Crippen LogP contribution in [0.3, 0.4) is 0 Å². The van der Waals surface area contributed by atoms with E-state index >= 15 is 0 Å². The fraction of sp³-hybridized carbons (Fsp3) is 0.231. The monoisotopic (exact) mass is 280 g/mol. The van der Waals surface area contributed by atoms with E-state index < -0.39 is 0 Å². The molecule has 0 unspecified atom stereocenters. The molecule has 0 aliphatic heterocycles. The minimum atomic E-state index is -0.329. The van der Waals surface area contributed by atoms with E-state index in [9.17, 15) is 4.39 Å². The lowest BCUT2D eigenvalue weighted by Gasteiger charge is -2.20. The molecule has 2 aromatic rings. The predicted octanol–water partition coefficient (Wildman–Crippen LogP) is 3.47. The third-order valence-corrected chi connectivity index (χ3v) is 2.86. The topological polar surface area (TPSA) is 41.1 Å². The number of hydrogen-bond donors (Lipinski definition) is 1. The number of benzene rings is 1. The van der Waals surface area contributed by atoms with E-state index in [4.69, 9.17) is 11.6 Å². The Morgan fingerprint density at radius 3 is 2.79 bits per heavy atom. The molecule has 0 fully saturated rings. The fourth-order valence-electron chi connectivity index (χ4n) is 1.67. The molecule has 4 nitrogen and oxygen atoms in total. The van der Waals surface area contributed by atoms with Gasteiger partial charge in [-0.1, -0.05) is 23.7 Å². The Morgan fingerprint density at radius 1 is 1.37 bits per heavy atom. The summed E-state index contributed by atoms with van der Waals surface area (Å²) in [7, 11) is 1.71. The van der Waals surface area contributed by atoms with E-state index in [-0.39, 0.29) is 5.82 Å². The van der Waals surface area contributed by atoms with Crippen LogP contribution in [0.4, 0.5) is 21.8 Å². The van der Waals surface area contributed by atoms with Gasteiger partial charge in [0.1, 0.15) is 10.8 Å². The van der Waals surface area contributed by atoms with Crippen molar-refractivity contribution in [1.29, 1.82) is 0 Å². The number of para-hydroxylation sites is 1. The Kier molecular flexibility index (Phi) is 4.16. The number of hydrogen-bond acceptors (Lipinski definition) is 4. The lowest BCUT2D eigenvalue weighted by Crippen LogP contribution is -2.15. The van der Waals surface area contributed by atoms with Crippen LogP contribution in [0.2, 0.25) is 5.02 Å². The van der Waals surface area contributed by atoms with Crippen LogP contribution in [0.1, 0.15) is 6.92 Å². The average Bonchev–Trinajstić information content (AvgIpc) is 2.41. The van der Waals surface area contributed by atoms with Crippen LogP contribution >= 0.6 is 11.6 Å². The van der Waals surface area contributed by atoms with Crippen molar-refractivity contribution in [1.82, 2.24) is 9.97 Å². The molecule has 0 spiro atoms. The summed E-state index contributed by atoms with van der Waals surface area (Å²) in [6, 6.07) is 6.46. The van der Waals surface area contributed by atoms with Crippen LogP contribution in [0.25, 0.3) is 0 Å². The third-order valence-electron chi connectivity index (χ3n) is 2.59. The molecule has 0 aliphatic carbocycles.